The highest BCUT2D eigenvalue weighted by Gasteiger charge is 2.24. The summed E-state index contributed by atoms with van der Waals surface area (Å²) in [6, 6.07) is 8.66. The Morgan fingerprint density at radius 2 is 2.26 bits per heavy atom. The smallest absolute Gasteiger partial charge is 0.103 e. The molecule has 0 aliphatic carbocycles. The first kappa shape index (κ1) is 14.3. The summed E-state index contributed by atoms with van der Waals surface area (Å²) in [5, 5.41) is 9.47. The van der Waals surface area contributed by atoms with Crippen molar-refractivity contribution in [2.45, 2.75) is 38.0 Å². The number of hydrogen-bond donors (Lipinski definition) is 0. The van der Waals surface area contributed by atoms with Gasteiger partial charge in [-0.1, -0.05) is 26.3 Å². The molecule has 1 atom stereocenters. The Hall–Kier alpha value is -1.14. The lowest BCUT2D eigenvalue weighted by Crippen LogP contribution is -2.20. The van der Waals surface area contributed by atoms with Crippen molar-refractivity contribution in [3.8, 4) is 6.07 Å². The van der Waals surface area contributed by atoms with Crippen molar-refractivity contribution in [1.29, 1.82) is 5.26 Å². The Morgan fingerprint density at radius 1 is 1.42 bits per heavy atom. The molecular weight excluding hydrogens is 252 g/mol. The quantitative estimate of drug-likeness (QED) is 0.749. The number of hydrogen-bond acceptors (Lipinski definition) is 3. The molecule has 0 N–H and O–H groups in total. The maximum absolute atomic E-state index is 9.47. The topological polar surface area (TPSA) is 27.0 Å². The van der Waals surface area contributed by atoms with Crippen LogP contribution in [0.25, 0.3) is 0 Å². The van der Waals surface area contributed by atoms with E-state index in [1.165, 1.54) is 19.3 Å². The van der Waals surface area contributed by atoms with Crippen LogP contribution in [0.1, 0.15) is 38.7 Å². The summed E-state index contributed by atoms with van der Waals surface area (Å²) >= 11 is 1.76. The molecule has 1 aliphatic heterocycles. The molecule has 0 aromatic heterocycles. The number of benzene rings is 1. The standard InChI is InChI=1S/C16H22N2S/c1-3-6-13-9-10-18(12-13)15-7-5-8-16(19-4-2)14(15)11-17/h5,7-8,13H,3-4,6,9-10,12H2,1-2H3. The normalized spacial score (nSPS) is 18.6. The second-order valence-electron chi connectivity index (χ2n) is 5.08. The molecule has 2 nitrogen and oxygen atoms in total. The van der Waals surface area contributed by atoms with Crippen LogP contribution in [0, 0.1) is 17.2 Å². The van der Waals surface area contributed by atoms with Crippen molar-refractivity contribution >= 4 is 17.4 Å². The zero-order valence-corrected chi connectivity index (χ0v) is 12.7. The van der Waals surface area contributed by atoms with E-state index in [-0.39, 0.29) is 0 Å². The molecule has 0 bridgehead atoms. The monoisotopic (exact) mass is 274 g/mol. The molecule has 0 amide bonds. The van der Waals surface area contributed by atoms with E-state index in [9.17, 15) is 5.26 Å². The summed E-state index contributed by atoms with van der Waals surface area (Å²) in [5.74, 6) is 1.82. The van der Waals surface area contributed by atoms with E-state index in [0.717, 1.165) is 40.9 Å². The maximum atomic E-state index is 9.47. The van der Waals surface area contributed by atoms with Gasteiger partial charge in [0, 0.05) is 18.0 Å². The molecule has 2 rings (SSSR count). The molecule has 0 spiro atoms. The van der Waals surface area contributed by atoms with Crippen LogP contribution < -0.4 is 4.90 Å². The van der Waals surface area contributed by atoms with Crippen molar-refractivity contribution < 1.29 is 0 Å². The van der Waals surface area contributed by atoms with Gasteiger partial charge in [-0.2, -0.15) is 5.26 Å². The van der Waals surface area contributed by atoms with Gasteiger partial charge in [-0.15, -0.1) is 11.8 Å². The van der Waals surface area contributed by atoms with Crippen molar-refractivity contribution in [3.05, 3.63) is 23.8 Å². The first-order chi connectivity index (χ1) is 9.30. The fourth-order valence-electron chi connectivity index (χ4n) is 2.87. The highest BCUT2D eigenvalue weighted by molar-refractivity contribution is 7.99. The van der Waals surface area contributed by atoms with Gasteiger partial charge in [-0.25, -0.2) is 0 Å². The zero-order valence-electron chi connectivity index (χ0n) is 11.9. The Balaban J connectivity index is 2.21. The van der Waals surface area contributed by atoms with Gasteiger partial charge in [0.25, 0.3) is 0 Å². The predicted octanol–water partition coefficient (Wildman–Crippen LogP) is 4.30. The molecule has 1 aliphatic rings. The van der Waals surface area contributed by atoms with Crippen molar-refractivity contribution in [1.82, 2.24) is 0 Å². The van der Waals surface area contributed by atoms with Crippen LogP contribution in [0.15, 0.2) is 23.1 Å². The molecular formula is C16H22N2S. The van der Waals surface area contributed by atoms with Crippen LogP contribution >= 0.6 is 11.8 Å². The molecule has 1 fully saturated rings. The van der Waals surface area contributed by atoms with Crippen LogP contribution in [0.2, 0.25) is 0 Å². The van der Waals surface area contributed by atoms with Crippen LogP contribution in [-0.2, 0) is 0 Å². The minimum Gasteiger partial charge on any atom is -0.370 e. The molecule has 1 unspecified atom stereocenters. The van der Waals surface area contributed by atoms with E-state index in [1.807, 2.05) is 0 Å². The number of nitriles is 1. The van der Waals surface area contributed by atoms with Gasteiger partial charge in [-0.3, -0.25) is 0 Å². The van der Waals surface area contributed by atoms with Crippen LogP contribution in [0.4, 0.5) is 5.69 Å². The van der Waals surface area contributed by atoms with Gasteiger partial charge in [0.1, 0.15) is 6.07 Å². The summed E-state index contributed by atoms with van der Waals surface area (Å²) in [4.78, 5) is 3.53. The van der Waals surface area contributed by atoms with Crippen molar-refractivity contribution in [2.75, 3.05) is 23.7 Å². The fraction of sp³-hybridized carbons (Fsp3) is 0.562. The molecule has 102 valence electrons. The van der Waals surface area contributed by atoms with E-state index >= 15 is 0 Å². The predicted molar refractivity (Wildman–Crippen MR) is 82.8 cm³/mol. The molecule has 1 saturated heterocycles. The Bertz CT molecular complexity index is 464. The summed E-state index contributed by atoms with van der Waals surface area (Å²) in [6.07, 6.45) is 3.83. The number of rotatable bonds is 5. The number of anilines is 1. The maximum Gasteiger partial charge on any atom is 0.103 e. The van der Waals surface area contributed by atoms with E-state index in [1.54, 1.807) is 11.8 Å². The lowest BCUT2D eigenvalue weighted by Gasteiger charge is -2.21. The van der Waals surface area contributed by atoms with Crippen molar-refractivity contribution in [3.63, 3.8) is 0 Å². The van der Waals surface area contributed by atoms with Gasteiger partial charge >= 0.3 is 0 Å². The van der Waals surface area contributed by atoms with Gasteiger partial charge in [0.2, 0.25) is 0 Å². The largest absolute Gasteiger partial charge is 0.370 e. The van der Waals surface area contributed by atoms with Gasteiger partial charge in [0.05, 0.1) is 11.3 Å². The SMILES string of the molecule is CCCC1CCN(c2cccc(SCC)c2C#N)C1. The first-order valence-corrected chi connectivity index (χ1v) is 8.19. The van der Waals surface area contributed by atoms with Crippen LogP contribution in [0.3, 0.4) is 0 Å². The van der Waals surface area contributed by atoms with Crippen molar-refractivity contribution in [2.24, 2.45) is 5.92 Å². The van der Waals surface area contributed by atoms with E-state index in [4.69, 9.17) is 0 Å². The molecule has 1 heterocycles. The third kappa shape index (κ3) is 3.25. The molecule has 1 aromatic rings. The van der Waals surface area contributed by atoms with E-state index < -0.39 is 0 Å². The fourth-order valence-corrected chi connectivity index (χ4v) is 3.65. The molecule has 19 heavy (non-hydrogen) atoms. The third-order valence-corrected chi connectivity index (χ3v) is 4.68. The summed E-state index contributed by atoms with van der Waals surface area (Å²) in [7, 11) is 0. The Labute approximate surface area is 120 Å². The zero-order chi connectivity index (χ0) is 13.7. The molecule has 1 aromatic carbocycles. The molecule has 0 saturated carbocycles. The van der Waals surface area contributed by atoms with Gasteiger partial charge in [0.15, 0.2) is 0 Å². The first-order valence-electron chi connectivity index (χ1n) is 7.21. The number of thioether (sulfide) groups is 1. The molecule has 0 radical (unpaired) electrons. The average molecular weight is 274 g/mol. The Morgan fingerprint density at radius 3 is 2.95 bits per heavy atom. The van der Waals surface area contributed by atoms with Gasteiger partial charge < -0.3 is 4.90 Å². The number of nitrogens with zero attached hydrogens (tertiary/aromatic N) is 2. The summed E-state index contributed by atoms with van der Waals surface area (Å²) < 4.78 is 0. The lowest BCUT2D eigenvalue weighted by molar-refractivity contribution is 0.530. The second-order valence-corrected chi connectivity index (χ2v) is 6.39. The second kappa shape index (κ2) is 6.86. The molecule has 3 heteroatoms. The van der Waals surface area contributed by atoms with Crippen LogP contribution in [0.5, 0.6) is 0 Å². The average Bonchev–Trinajstić information content (AvgIpc) is 2.88. The van der Waals surface area contributed by atoms with Crippen LogP contribution in [-0.4, -0.2) is 18.8 Å². The lowest BCUT2D eigenvalue weighted by atomic mass is 10.0. The van der Waals surface area contributed by atoms with Gasteiger partial charge in [-0.05, 0) is 36.6 Å². The minimum atomic E-state index is 0.805. The highest BCUT2D eigenvalue weighted by atomic mass is 32.2. The highest BCUT2D eigenvalue weighted by Crippen LogP contribution is 2.33. The summed E-state index contributed by atoms with van der Waals surface area (Å²) in [6.45, 7) is 6.59. The summed E-state index contributed by atoms with van der Waals surface area (Å²) in [5.41, 5.74) is 2.01. The third-order valence-electron chi connectivity index (χ3n) is 3.74. The van der Waals surface area contributed by atoms with E-state index in [0.29, 0.717) is 0 Å². The minimum absolute atomic E-state index is 0.805. The van der Waals surface area contributed by atoms with E-state index in [2.05, 4.69) is 43.0 Å². The Kier molecular flexibility index (Phi) is 5.15.